The lowest BCUT2D eigenvalue weighted by molar-refractivity contribution is -0.130. The van der Waals surface area contributed by atoms with Crippen LogP contribution in [-0.2, 0) is 9.53 Å². The minimum Gasteiger partial charge on any atom is -0.503 e. The summed E-state index contributed by atoms with van der Waals surface area (Å²) < 4.78 is 16.4. The highest BCUT2D eigenvalue weighted by molar-refractivity contribution is 6.16. The van der Waals surface area contributed by atoms with Crippen LogP contribution in [0, 0.1) is 0 Å². The molecule has 0 spiro atoms. The maximum atomic E-state index is 13.4. The Morgan fingerprint density at radius 1 is 1.22 bits per heavy atom. The van der Waals surface area contributed by atoms with E-state index in [2.05, 4.69) is 6.58 Å². The summed E-state index contributed by atoms with van der Waals surface area (Å²) in [5, 5.41) is 11.4. The van der Waals surface area contributed by atoms with Crippen molar-refractivity contribution >= 4 is 22.7 Å². The average Bonchev–Trinajstić information content (AvgIpc) is 3.36. The lowest BCUT2D eigenvalue weighted by Gasteiger charge is -2.26. The zero-order valence-electron chi connectivity index (χ0n) is 17.6. The second kappa shape index (κ2) is 9.11. The molecule has 1 unspecified atom stereocenters. The fourth-order valence-electron chi connectivity index (χ4n) is 3.78. The quantitative estimate of drug-likeness (QED) is 0.401. The van der Waals surface area contributed by atoms with Crippen LogP contribution < -0.4 is 4.74 Å². The normalized spacial score (nSPS) is 16.1. The van der Waals surface area contributed by atoms with Crippen molar-refractivity contribution in [3.05, 3.63) is 89.9 Å². The van der Waals surface area contributed by atoms with Gasteiger partial charge in [-0.3, -0.25) is 9.59 Å². The number of nitrogens with zero attached hydrogens (tertiary/aromatic N) is 1. The maximum absolute atomic E-state index is 13.4. The first-order chi connectivity index (χ1) is 15.5. The van der Waals surface area contributed by atoms with Crippen molar-refractivity contribution in [2.75, 3.05) is 26.9 Å². The minimum absolute atomic E-state index is 0.0232. The van der Waals surface area contributed by atoms with Gasteiger partial charge in [0.1, 0.15) is 17.9 Å². The first-order valence-corrected chi connectivity index (χ1v) is 10.1. The number of ether oxygens (including phenoxy) is 2. The number of para-hydroxylation sites is 1. The van der Waals surface area contributed by atoms with Crippen molar-refractivity contribution in [3.8, 4) is 5.75 Å². The molecule has 164 valence electrons. The number of aliphatic hydroxyl groups is 1. The molecule has 7 heteroatoms. The number of amides is 1. The molecule has 0 radical (unpaired) electrons. The summed E-state index contributed by atoms with van der Waals surface area (Å²) >= 11 is 0. The Morgan fingerprint density at radius 3 is 2.66 bits per heavy atom. The van der Waals surface area contributed by atoms with E-state index < -0.39 is 23.5 Å². The van der Waals surface area contributed by atoms with E-state index in [1.54, 1.807) is 48.5 Å². The number of rotatable bonds is 9. The molecule has 1 amide bonds. The third-order valence-corrected chi connectivity index (χ3v) is 5.30. The number of furan rings is 1. The van der Waals surface area contributed by atoms with Crippen LogP contribution in [0.5, 0.6) is 5.75 Å². The van der Waals surface area contributed by atoms with E-state index in [9.17, 15) is 14.7 Å². The first-order valence-electron chi connectivity index (χ1n) is 10.1. The van der Waals surface area contributed by atoms with Gasteiger partial charge in [-0.25, -0.2) is 0 Å². The van der Waals surface area contributed by atoms with E-state index in [0.29, 0.717) is 23.5 Å². The molecule has 0 saturated carbocycles. The number of carbonyl (C=O) groups is 2. The number of ketones is 1. The van der Waals surface area contributed by atoms with Crippen LogP contribution in [0.25, 0.3) is 11.0 Å². The van der Waals surface area contributed by atoms with Crippen LogP contribution in [0.1, 0.15) is 22.2 Å². The molecule has 1 aliphatic rings. The predicted molar refractivity (Wildman–Crippen MR) is 119 cm³/mol. The van der Waals surface area contributed by atoms with E-state index in [-0.39, 0.29) is 24.5 Å². The predicted octanol–water partition coefficient (Wildman–Crippen LogP) is 4.22. The third-order valence-electron chi connectivity index (χ3n) is 5.30. The van der Waals surface area contributed by atoms with Crippen molar-refractivity contribution in [2.45, 2.75) is 6.04 Å². The Morgan fingerprint density at radius 2 is 1.97 bits per heavy atom. The molecule has 1 atom stereocenters. The van der Waals surface area contributed by atoms with Crippen LogP contribution >= 0.6 is 0 Å². The molecule has 3 aromatic rings. The smallest absolute Gasteiger partial charge is 0.290 e. The second-order valence-corrected chi connectivity index (χ2v) is 7.30. The highest BCUT2D eigenvalue weighted by Crippen LogP contribution is 2.39. The number of hydrogen-bond acceptors (Lipinski definition) is 6. The molecular weight excluding hydrogens is 410 g/mol. The molecule has 1 N–H and O–H groups in total. The van der Waals surface area contributed by atoms with Gasteiger partial charge < -0.3 is 23.9 Å². The number of Topliss-reactive ketones (excluding diaryl/α,β-unsaturated/α-hetero) is 1. The summed E-state index contributed by atoms with van der Waals surface area (Å²) in [4.78, 5) is 27.7. The summed E-state index contributed by atoms with van der Waals surface area (Å²) in [6, 6.07) is 15.1. The Kier molecular flexibility index (Phi) is 6.09. The zero-order chi connectivity index (χ0) is 22.7. The highest BCUT2D eigenvalue weighted by Gasteiger charge is 2.44. The largest absolute Gasteiger partial charge is 0.503 e. The number of fused-ring (bicyclic) bond motifs is 1. The molecule has 2 aromatic carbocycles. The van der Waals surface area contributed by atoms with E-state index in [0.717, 1.165) is 5.39 Å². The molecule has 0 aliphatic carbocycles. The maximum Gasteiger partial charge on any atom is 0.290 e. The SMILES string of the molecule is C=CCOc1ccc(C2C(C(=O)c3cc4ccccc4o3)=C(O)C(=O)N2CCOC)cc1. The van der Waals surface area contributed by atoms with Gasteiger partial charge in [0.2, 0.25) is 5.78 Å². The molecule has 0 fully saturated rings. The van der Waals surface area contributed by atoms with E-state index in [1.165, 1.54) is 12.0 Å². The van der Waals surface area contributed by atoms with Crippen molar-refractivity contribution < 1.29 is 28.6 Å². The summed E-state index contributed by atoms with van der Waals surface area (Å²) in [5.74, 6) is -1.06. The summed E-state index contributed by atoms with van der Waals surface area (Å²) in [7, 11) is 1.52. The lowest BCUT2D eigenvalue weighted by atomic mass is 9.95. The van der Waals surface area contributed by atoms with E-state index in [1.807, 2.05) is 12.1 Å². The van der Waals surface area contributed by atoms with Gasteiger partial charge >= 0.3 is 0 Å². The molecular formula is C25H23NO6. The van der Waals surface area contributed by atoms with E-state index >= 15 is 0 Å². The monoisotopic (exact) mass is 433 g/mol. The molecule has 4 rings (SSSR count). The Labute approximate surface area is 185 Å². The topological polar surface area (TPSA) is 89.2 Å². The average molecular weight is 433 g/mol. The molecule has 1 aliphatic heterocycles. The Balaban J connectivity index is 1.74. The molecule has 32 heavy (non-hydrogen) atoms. The number of hydrogen-bond donors (Lipinski definition) is 1. The molecule has 0 bridgehead atoms. The highest BCUT2D eigenvalue weighted by atomic mass is 16.5. The number of aliphatic hydroxyl groups excluding tert-OH is 1. The molecule has 7 nitrogen and oxygen atoms in total. The molecule has 0 saturated heterocycles. The van der Waals surface area contributed by atoms with Crippen LogP contribution in [0.3, 0.4) is 0 Å². The third kappa shape index (κ3) is 3.90. The van der Waals surface area contributed by atoms with Crippen LogP contribution in [-0.4, -0.2) is 48.6 Å². The minimum atomic E-state index is -0.785. The van der Waals surface area contributed by atoms with Gasteiger partial charge in [0, 0.05) is 19.0 Å². The Hall–Kier alpha value is -3.84. The molecule has 1 aromatic heterocycles. The van der Waals surface area contributed by atoms with Crippen LogP contribution in [0.2, 0.25) is 0 Å². The summed E-state index contributed by atoms with van der Waals surface area (Å²) in [6.45, 7) is 4.44. The van der Waals surface area contributed by atoms with Gasteiger partial charge in [-0.1, -0.05) is 43.0 Å². The summed E-state index contributed by atoms with van der Waals surface area (Å²) in [6.07, 6.45) is 1.64. The fourth-order valence-corrected chi connectivity index (χ4v) is 3.78. The van der Waals surface area contributed by atoms with E-state index in [4.69, 9.17) is 13.9 Å². The van der Waals surface area contributed by atoms with Gasteiger partial charge in [0.05, 0.1) is 18.2 Å². The van der Waals surface area contributed by atoms with Crippen molar-refractivity contribution in [1.82, 2.24) is 4.90 Å². The lowest BCUT2D eigenvalue weighted by Crippen LogP contribution is -2.34. The van der Waals surface area contributed by atoms with Crippen LogP contribution in [0.4, 0.5) is 0 Å². The molecule has 2 heterocycles. The van der Waals surface area contributed by atoms with Gasteiger partial charge in [-0.15, -0.1) is 0 Å². The van der Waals surface area contributed by atoms with Gasteiger partial charge in [0.15, 0.2) is 11.5 Å². The standard InChI is InChI=1S/C25H23NO6/c1-3-13-31-18-10-8-16(9-11-18)22-21(24(28)25(29)26(22)12-14-30-2)23(27)20-15-17-6-4-5-7-19(17)32-20/h3-11,15,22,28H,1,12-14H2,2H3. The van der Waals surface area contributed by atoms with Crippen molar-refractivity contribution in [3.63, 3.8) is 0 Å². The fraction of sp³-hybridized carbons (Fsp3) is 0.200. The Bertz CT molecular complexity index is 1160. The number of methoxy groups -OCH3 is 1. The number of benzene rings is 2. The van der Waals surface area contributed by atoms with Crippen molar-refractivity contribution in [1.29, 1.82) is 0 Å². The summed E-state index contributed by atoms with van der Waals surface area (Å²) in [5.41, 5.74) is 1.19. The first kappa shape index (κ1) is 21.4. The number of carbonyl (C=O) groups excluding carboxylic acids is 2. The van der Waals surface area contributed by atoms with Gasteiger partial charge in [-0.2, -0.15) is 0 Å². The van der Waals surface area contributed by atoms with Crippen molar-refractivity contribution in [2.24, 2.45) is 0 Å². The van der Waals surface area contributed by atoms with Gasteiger partial charge in [0.25, 0.3) is 5.91 Å². The van der Waals surface area contributed by atoms with Crippen LogP contribution in [0.15, 0.2) is 83.0 Å². The zero-order valence-corrected chi connectivity index (χ0v) is 17.6. The van der Waals surface area contributed by atoms with Gasteiger partial charge in [-0.05, 0) is 29.8 Å². The second-order valence-electron chi connectivity index (χ2n) is 7.30.